The lowest BCUT2D eigenvalue weighted by atomic mass is 9.86. The fourth-order valence-electron chi connectivity index (χ4n) is 3.02. The average molecular weight is 380 g/mol. The number of nitrogens with one attached hydrogen (secondary N) is 1. The molecule has 1 aliphatic heterocycles. The van der Waals surface area contributed by atoms with Gasteiger partial charge in [-0.05, 0) is 30.4 Å². The molecule has 0 saturated carbocycles. The zero-order chi connectivity index (χ0) is 20.0. The Bertz CT molecular complexity index is 660. The molecule has 1 aliphatic rings. The van der Waals surface area contributed by atoms with Crippen molar-refractivity contribution in [3.05, 3.63) is 30.1 Å². The predicted octanol–water partition coefficient (Wildman–Crippen LogP) is 3.21. The predicted molar refractivity (Wildman–Crippen MR) is 100.0 cm³/mol. The summed E-state index contributed by atoms with van der Waals surface area (Å²) >= 11 is 0. The van der Waals surface area contributed by atoms with Crippen molar-refractivity contribution in [1.29, 1.82) is 0 Å². The number of rotatable bonds is 5. The SMILES string of the molecule is COC(=O)N1CCCC(C(=O)NC(COc2ccccc2F)C(C)(C)C)C1. The van der Waals surface area contributed by atoms with Crippen LogP contribution >= 0.6 is 0 Å². The Labute approximate surface area is 160 Å². The van der Waals surface area contributed by atoms with E-state index in [2.05, 4.69) is 5.32 Å². The first-order valence-electron chi connectivity index (χ1n) is 9.23. The maximum Gasteiger partial charge on any atom is 0.409 e. The number of methoxy groups -OCH3 is 1. The summed E-state index contributed by atoms with van der Waals surface area (Å²) in [5, 5.41) is 3.03. The van der Waals surface area contributed by atoms with Gasteiger partial charge < -0.3 is 19.7 Å². The lowest BCUT2D eigenvalue weighted by molar-refractivity contribution is -0.128. The Morgan fingerprint density at radius 2 is 2.04 bits per heavy atom. The summed E-state index contributed by atoms with van der Waals surface area (Å²) in [6, 6.07) is 5.89. The van der Waals surface area contributed by atoms with Crippen LogP contribution in [0.1, 0.15) is 33.6 Å². The van der Waals surface area contributed by atoms with E-state index < -0.39 is 11.9 Å². The van der Waals surface area contributed by atoms with Crippen LogP contribution in [0.15, 0.2) is 24.3 Å². The molecule has 2 atom stereocenters. The lowest BCUT2D eigenvalue weighted by Gasteiger charge is -2.35. The van der Waals surface area contributed by atoms with Crippen molar-refractivity contribution in [1.82, 2.24) is 10.2 Å². The van der Waals surface area contributed by atoms with E-state index in [4.69, 9.17) is 9.47 Å². The molecule has 7 heteroatoms. The Kier molecular flexibility index (Phi) is 7.05. The molecule has 0 aromatic heterocycles. The van der Waals surface area contributed by atoms with E-state index >= 15 is 0 Å². The number of carbonyl (C=O) groups is 2. The second kappa shape index (κ2) is 9.06. The van der Waals surface area contributed by atoms with E-state index in [-0.39, 0.29) is 35.6 Å². The van der Waals surface area contributed by atoms with Crippen molar-refractivity contribution in [2.45, 2.75) is 39.7 Å². The van der Waals surface area contributed by atoms with Crippen LogP contribution in [0, 0.1) is 17.2 Å². The molecular weight excluding hydrogens is 351 g/mol. The lowest BCUT2D eigenvalue weighted by Crippen LogP contribution is -2.52. The van der Waals surface area contributed by atoms with Gasteiger partial charge in [0.05, 0.1) is 19.1 Å². The quantitative estimate of drug-likeness (QED) is 0.852. The number of amides is 2. The molecule has 6 nitrogen and oxygen atoms in total. The fraction of sp³-hybridized carbons (Fsp3) is 0.600. The number of ether oxygens (including phenoxy) is 2. The first-order valence-corrected chi connectivity index (χ1v) is 9.23. The third-order valence-corrected chi connectivity index (χ3v) is 4.83. The van der Waals surface area contributed by atoms with Crippen molar-refractivity contribution in [2.75, 3.05) is 26.8 Å². The van der Waals surface area contributed by atoms with Crippen molar-refractivity contribution < 1.29 is 23.5 Å². The standard InChI is InChI=1S/C20H29FN2O4/c1-20(2,3)17(13-27-16-10-6-5-9-15(16)21)22-18(24)14-8-7-11-23(12-14)19(25)26-4/h5-6,9-10,14,17H,7-8,11-13H2,1-4H3,(H,22,24). The van der Waals surface area contributed by atoms with E-state index in [1.807, 2.05) is 20.8 Å². The summed E-state index contributed by atoms with van der Waals surface area (Å²) < 4.78 is 24.1. The number of halogens is 1. The third kappa shape index (κ3) is 5.84. The molecular formula is C20H29FN2O4. The molecule has 0 bridgehead atoms. The van der Waals surface area contributed by atoms with Crippen LogP contribution < -0.4 is 10.1 Å². The van der Waals surface area contributed by atoms with Crippen LogP contribution in [0.2, 0.25) is 0 Å². The van der Waals surface area contributed by atoms with Gasteiger partial charge in [-0.3, -0.25) is 4.79 Å². The van der Waals surface area contributed by atoms with Crippen molar-refractivity contribution in [2.24, 2.45) is 11.3 Å². The fourth-order valence-corrected chi connectivity index (χ4v) is 3.02. The Balaban J connectivity index is 1.99. The molecule has 0 radical (unpaired) electrons. The zero-order valence-corrected chi connectivity index (χ0v) is 16.5. The highest BCUT2D eigenvalue weighted by Crippen LogP contribution is 2.24. The summed E-state index contributed by atoms with van der Waals surface area (Å²) in [5.74, 6) is -0.690. The second-order valence-electron chi connectivity index (χ2n) is 7.92. The van der Waals surface area contributed by atoms with Crippen LogP contribution in [0.3, 0.4) is 0 Å². The van der Waals surface area contributed by atoms with Gasteiger partial charge in [-0.25, -0.2) is 9.18 Å². The first kappa shape index (κ1) is 21.0. The molecule has 0 aliphatic carbocycles. The van der Waals surface area contributed by atoms with Crippen molar-refractivity contribution >= 4 is 12.0 Å². The minimum absolute atomic E-state index is 0.124. The Morgan fingerprint density at radius 3 is 2.67 bits per heavy atom. The van der Waals surface area contributed by atoms with Gasteiger partial charge in [-0.2, -0.15) is 0 Å². The molecule has 2 rings (SSSR count). The summed E-state index contributed by atoms with van der Waals surface area (Å²) in [5.41, 5.74) is -0.280. The third-order valence-electron chi connectivity index (χ3n) is 4.83. The zero-order valence-electron chi connectivity index (χ0n) is 16.5. The van der Waals surface area contributed by atoms with E-state index in [1.165, 1.54) is 13.2 Å². The molecule has 0 spiro atoms. The van der Waals surface area contributed by atoms with Crippen LogP contribution in [-0.2, 0) is 9.53 Å². The van der Waals surface area contributed by atoms with Crippen molar-refractivity contribution in [3.63, 3.8) is 0 Å². The van der Waals surface area contributed by atoms with E-state index in [9.17, 15) is 14.0 Å². The van der Waals surface area contributed by atoms with Crippen LogP contribution in [0.25, 0.3) is 0 Å². The molecule has 2 unspecified atom stereocenters. The minimum atomic E-state index is -0.433. The second-order valence-corrected chi connectivity index (χ2v) is 7.92. The number of piperidine rings is 1. The first-order chi connectivity index (χ1) is 12.7. The molecule has 1 aromatic carbocycles. The molecule has 150 valence electrons. The van der Waals surface area contributed by atoms with Gasteiger partial charge in [0, 0.05) is 13.1 Å². The number of nitrogens with zero attached hydrogens (tertiary/aromatic N) is 1. The molecule has 1 saturated heterocycles. The topological polar surface area (TPSA) is 67.9 Å². The van der Waals surface area contributed by atoms with Crippen LogP contribution in [0.5, 0.6) is 5.75 Å². The Hall–Kier alpha value is -2.31. The number of hydrogen-bond donors (Lipinski definition) is 1. The highest BCUT2D eigenvalue weighted by molar-refractivity contribution is 5.80. The van der Waals surface area contributed by atoms with Crippen LogP contribution in [0.4, 0.5) is 9.18 Å². The molecule has 1 fully saturated rings. The summed E-state index contributed by atoms with van der Waals surface area (Å²) in [7, 11) is 1.34. The average Bonchev–Trinajstić information content (AvgIpc) is 2.64. The molecule has 27 heavy (non-hydrogen) atoms. The number of hydrogen-bond acceptors (Lipinski definition) is 4. The maximum atomic E-state index is 13.8. The smallest absolute Gasteiger partial charge is 0.409 e. The van der Waals surface area contributed by atoms with E-state index in [0.717, 1.165) is 6.42 Å². The van der Waals surface area contributed by atoms with E-state index in [1.54, 1.807) is 23.1 Å². The Morgan fingerprint density at radius 1 is 1.33 bits per heavy atom. The summed E-state index contributed by atoms with van der Waals surface area (Å²) in [6.45, 7) is 7.06. The largest absolute Gasteiger partial charge is 0.488 e. The minimum Gasteiger partial charge on any atom is -0.488 e. The number of para-hydroxylation sites is 1. The molecule has 1 heterocycles. The van der Waals surface area contributed by atoms with Gasteiger partial charge >= 0.3 is 6.09 Å². The van der Waals surface area contributed by atoms with Gasteiger partial charge in [0.1, 0.15) is 6.61 Å². The van der Waals surface area contributed by atoms with E-state index in [0.29, 0.717) is 19.5 Å². The van der Waals surface area contributed by atoms with Gasteiger partial charge in [0.25, 0.3) is 0 Å². The van der Waals surface area contributed by atoms with Gasteiger partial charge in [0.15, 0.2) is 11.6 Å². The molecule has 1 N–H and O–H groups in total. The van der Waals surface area contributed by atoms with Crippen molar-refractivity contribution in [3.8, 4) is 5.75 Å². The van der Waals surface area contributed by atoms with Crippen LogP contribution in [-0.4, -0.2) is 49.7 Å². The highest BCUT2D eigenvalue weighted by Gasteiger charge is 2.33. The number of carbonyl (C=O) groups excluding carboxylic acids is 2. The number of benzene rings is 1. The van der Waals surface area contributed by atoms with Gasteiger partial charge in [0.2, 0.25) is 5.91 Å². The maximum absolute atomic E-state index is 13.8. The van der Waals surface area contributed by atoms with Gasteiger partial charge in [-0.1, -0.05) is 32.9 Å². The van der Waals surface area contributed by atoms with Gasteiger partial charge in [-0.15, -0.1) is 0 Å². The number of likely N-dealkylation sites (tertiary alicyclic amines) is 1. The normalized spacial score (nSPS) is 18.6. The highest BCUT2D eigenvalue weighted by atomic mass is 19.1. The summed E-state index contributed by atoms with van der Waals surface area (Å²) in [6.07, 6.45) is 1.05. The summed E-state index contributed by atoms with van der Waals surface area (Å²) in [4.78, 5) is 26.0. The molecule has 1 aromatic rings. The molecule has 2 amide bonds. The monoisotopic (exact) mass is 380 g/mol.